The van der Waals surface area contributed by atoms with E-state index in [1.54, 1.807) is 42.5 Å². The van der Waals surface area contributed by atoms with Gasteiger partial charge >= 0.3 is 0 Å². The van der Waals surface area contributed by atoms with Crippen LogP contribution < -0.4 is 0 Å². The van der Waals surface area contributed by atoms with Crippen LogP contribution in [-0.2, 0) is 0 Å². The number of benzene rings is 2. The van der Waals surface area contributed by atoms with Crippen LogP contribution in [0.3, 0.4) is 0 Å². The van der Waals surface area contributed by atoms with E-state index in [4.69, 9.17) is 11.6 Å². The maximum atomic E-state index is 14.0. The largest absolute Gasteiger partial charge is 0.338 e. The van der Waals surface area contributed by atoms with Gasteiger partial charge in [-0.05, 0) is 49.2 Å². The molecule has 0 aliphatic carbocycles. The fourth-order valence-corrected chi connectivity index (χ4v) is 4.40. The average Bonchev–Trinajstić information content (AvgIpc) is 3.18. The van der Waals surface area contributed by atoms with Crippen molar-refractivity contribution < 1.29 is 9.18 Å². The predicted molar refractivity (Wildman–Crippen MR) is 105 cm³/mol. The van der Waals surface area contributed by atoms with Crippen molar-refractivity contribution in [1.82, 2.24) is 15.1 Å². The first kappa shape index (κ1) is 18.1. The van der Waals surface area contributed by atoms with Gasteiger partial charge in [0.15, 0.2) is 5.01 Å². The SMILES string of the molecule is O=C(c1ccc(Cl)cc1)N1CCCC(c2nnc(-c3ccccc3F)s2)C1. The van der Waals surface area contributed by atoms with Gasteiger partial charge in [-0.3, -0.25) is 4.79 Å². The molecule has 1 aliphatic heterocycles. The standard InChI is InChI=1S/C20H17ClFN3OS/c21-15-9-7-13(8-10-15)20(26)25-11-3-4-14(12-25)18-23-24-19(27-18)16-5-1-2-6-17(16)22/h1-2,5-10,14H,3-4,11-12H2. The van der Waals surface area contributed by atoms with Crippen molar-refractivity contribution in [2.45, 2.75) is 18.8 Å². The van der Waals surface area contributed by atoms with Gasteiger partial charge in [0, 0.05) is 35.2 Å². The summed E-state index contributed by atoms with van der Waals surface area (Å²) in [4.78, 5) is 14.6. The molecule has 2 heterocycles. The van der Waals surface area contributed by atoms with Crippen LogP contribution in [0.5, 0.6) is 0 Å². The molecule has 0 radical (unpaired) electrons. The molecule has 138 valence electrons. The van der Waals surface area contributed by atoms with E-state index >= 15 is 0 Å². The zero-order chi connectivity index (χ0) is 18.8. The number of halogens is 2. The Morgan fingerprint density at radius 3 is 2.70 bits per heavy atom. The van der Waals surface area contributed by atoms with Crippen LogP contribution in [0.1, 0.15) is 34.1 Å². The zero-order valence-electron chi connectivity index (χ0n) is 14.4. The second-order valence-corrected chi connectivity index (χ2v) is 7.97. The third-order valence-electron chi connectivity index (χ3n) is 4.69. The molecule has 0 bridgehead atoms. The summed E-state index contributed by atoms with van der Waals surface area (Å²) in [7, 11) is 0. The number of carbonyl (C=O) groups excluding carboxylic acids is 1. The Hall–Kier alpha value is -2.31. The summed E-state index contributed by atoms with van der Waals surface area (Å²) >= 11 is 7.30. The molecule has 1 aromatic heterocycles. The molecule has 1 unspecified atom stereocenters. The molecule has 4 rings (SSSR count). The van der Waals surface area contributed by atoms with Gasteiger partial charge in [-0.2, -0.15) is 0 Å². The molecular formula is C20H17ClFN3OS. The molecule has 2 aromatic carbocycles. The lowest BCUT2D eigenvalue weighted by molar-refractivity contribution is 0.0707. The minimum Gasteiger partial charge on any atom is -0.338 e. The molecule has 1 aliphatic rings. The van der Waals surface area contributed by atoms with E-state index in [1.807, 2.05) is 4.90 Å². The van der Waals surface area contributed by atoms with Crippen LogP contribution in [0.2, 0.25) is 5.02 Å². The third-order valence-corrected chi connectivity index (χ3v) is 6.06. The highest BCUT2D eigenvalue weighted by molar-refractivity contribution is 7.14. The van der Waals surface area contributed by atoms with Gasteiger partial charge in [-0.15, -0.1) is 10.2 Å². The Labute approximate surface area is 165 Å². The summed E-state index contributed by atoms with van der Waals surface area (Å²) in [5.74, 6) is -0.188. The number of nitrogens with zero attached hydrogens (tertiary/aromatic N) is 3. The van der Waals surface area contributed by atoms with E-state index in [0.29, 0.717) is 27.7 Å². The molecule has 27 heavy (non-hydrogen) atoms. The molecule has 1 amide bonds. The fourth-order valence-electron chi connectivity index (χ4n) is 3.28. The summed E-state index contributed by atoms with van der Waals surface area (Å²) in [5, 5.41) is 10.5. The summed E-state index contributed by atoms with van der Waals surface area (Å²) in [5.41, 5.74) is 1.09. The maximum Gasteiger partial charge on any atom is 0.253 e. The lowest BCUT2D eigenvalue weighted by Gasteiger charge is -2.31. The van der Waals surface area contributed by atoms with Gasteiger partial charge < -0.3 is 4.90 Å². The highest BCUT2D eigenvalue weighted by Crippen LogP contribution is 2.33. The lowest BCUT2D eigenvalue weighted by Crippen LogP contribution is -2.39. The predicted octanol–water partition coefficient (Wildman–Crippen LogP) is 5.02. The van der Waals surface area contributed by atoms with Crippen LogP contribution in [0.4, 0.5) is 4.39 Å². The van der Waals surface area contributed by atoms with E-state index in [-0.39, 0.29) is 17.6 Å². The highest BCUT2D eigenvalue weighted by atomic mass is 35.5. The summed E-state index contributed by atoms with van der Waals surface area (Å²) in [6, 6.07) is 13.5. The lowest BCUT2D eigenvalue weighted by atomic mass is 9.98. The fraction of sp³-hybridized carbons (Fsp3) is 0.250. The van der Waals surface area contributed by atoms with Crippen molar-refractivity contribution in [3.63, 3.8) is 0 Å². The van der Waals surface area contributed by atoms with Crippen molar-refractivity contribution in [3.8, 4) is 10.6 Å². The number of hydrogen-bond donors (Lipinski definition) is 0. The molecule has 1 saturated heterocycles. The first-order valence-electron chi connectivity index (χ1n) is 8.75. The molecule has 7 heteroatoms. The quantitative estimate of drug-likeness (QED) is 0.619. The Morgan fingerprint density at radius 2 is 1.93 bits per heavy atom. The summed E-state index contributed by atoms with van der Waals surface area (Å²) < 4.78 is 14.0. The molecule has 1 atom stereocenters. The van der Waals surface area contributed by atoms with Crippen molar-refractivity contribution in [3.05, 3.63) is 69.9 Å². The van der Waals surface area contributed by atoms with E-state index in [9.17, 15) is 9.18 Å². The number of likely N-dealkylation sites (tertiary alicyclic amines) is 1. The van der Waals surface area contributed by atoms with Crippen LogP contribution in [-0.4, -0.2) is 34.1 Å². The van der Waals surface area contributed by atoms with Gasteiger partial charge in [-0.1, -0.05) is 35.1 Å². The minimum atomic E-state index is -0.302. The second kappa shape index (κ2) is 7.74. The molecule has 1 fully saturated rings. The van der Waals surface area contributed by atoms with E-state index < -0.39 is 0 Å². The van der Waals surface area contributed by atoms with Crippen LogP contribution in [0.15, 0.2) is 48.5 Å². The number of hydrogen-bond acceptors (Lipinski definition) is 4. The average molecular weight is 402 g/mol. The van der Waals surface area contributed by atoms with Gasteiger partial charge in [0.2, 0.25) is 0 Å². The van der Waals surface area contributed by atoms with Crippen molar-refractivity contribution >= 4 is 28.8 Å². The monoisotopic (exact) mass is 401 g/mol. The smallest absolute Gasteiger partial charge is 0.253 e. The molecule has 0 N–H and O–H groups in total. The second-order valence-electron chi connectivity index (χ2n) is 6.52. The van der Waals surface area contributed by atoms with Crippen LogP contribution in [0.25, 0.3) is 10.6 Å². The van der Waals surface area contributed by atoms with Crippen molar-refractivity contribution in [2.24, 2.45) is 0 Å². The number of piperidine rings is 1. The van der Waals surface area contributed by atoms with E-state index in [1.165, 1.54) is 17.4 Å². The Bertz CT molecular complexity index is 960. The molecule has 0 saturated carbocycles. The molecule has 0 spiro atoms. The molecule has 4 nitrogen and oxygen atoms in total. The van der Waals surface area contributed by atoms with Crippen LogP contribution >= 0.6 is 22.9 Å². The third kappa shape index (κ3) is 3.87. The van der Waals surface area contributed by atoms with Gasteiger partial charge in [0.05, 0.1) is 0 Å². The minimum absolute atomic E-state index is 0.00444. The van der Waals surface area contributed by atoms with Gasteiger partial charge in [0.25, 0.3) is 5.91 Å². The molecule has 3 aromatic rings. The topological polar surface area (TPSA) is 46.1 Å². The summed E-state index contributed by atoms with van der Waals surface area (Å²) in [6.45, 7) is 1.31. The maximum absolute atomic E-state index is 14.0. The van der Waals surface area contributed by atoms with E-state index in [2.05, 4.69) is 10.2 Å². The number of aromatic nitrogens is 2. The Morgan fingerprint density at radius 1 is 1.15 bits per heavy atom. The van der Waals surface area contributed by atoms with Gasteiger partial charge in [0.1, 0.15) is 10.8 Å². The van der Waals surface area contributed by atoms with Crippen molar-refractivity contribution in [1.29, 1.82) is 0 Å². The molecular weight excluding hydrogens is 385 g/mol. The Balaban J connectivity index is 1.51. The van der Waals surface area contributed by atoms with Crippen LogP contribution in [0, 0.1) is 5.82 Å². The van der Waals surface area contributed by atoms with Crippen molar-refractivity contribution in [2.75, 3.05) is 13.1 Å². The number of rotatable bonds is 3. The first-order chi connectivity index (χ1) is 13.1. The Kier molecular flexibility index (Phi) is 5.18. The summed E-state index contributed by atoms with van der Waals surface area (Å²) in [6.07, 6.45) is 1.84. The van der Waals surface area contributed by atoms with E-state index in [0.717, 1.165) is 24.4 Å². The zero-order valence-corrected chi connectivity index (χ0v) is 16.0. The highest BCUT2D eigenvalue weighted by Gasteiger charge is 2.28. The normalized spacial score (nSPS) is 17.1. The number of carbonyl (C=O) groups is 1. The first-order valence-corrected chi connectivity index (χ1v) is 9.94. The van der Waals surface area contributed by atoms with Gasteiger partial charge in [-0.25, -0.2) is 4.39 Å². The number of amides is 1.